The molecule has 0 atom stereocenters. The Morgan fingerprint density at radius 2 is 1.94 bits per heavy atom. The van der Waals surface area contributed by atoms with Crippen molar-refractivity contribution in [3.05, 3.63) is 0 Å². The number of hydrogen-bond donors (Lipinski definition) is 2. The molecular formula is C13H27N3OS. The Kier molecular flexibility index (Phi) is 8.29. The number of ether oxygens (including phenoxy) is 1. The number of likely N-dealkylation sites (tertiary alicyclic amines) is 1. The van der Waals surface area contributed by atoms with Gasteiger partial charge in [0.1, 0.15) is 0 Å². The minimum absolute atomic E-state index is 0.777. The van der Waals surface area contributed by atoms with Crippen LogP contribution in [0.15, 0.2) is 0 Å². The van der Waals surface area contributed by atoms with Crippen LogP contribution >= 0.6 is 12.2 Å². The Labute approximate surface area is 116 Å². The molecule has 4 nitrogen and oxygen atoms in total. The molecule has 0 aromatic rings. The van der Waals surface area contributed by atoms with Crippen LogP contribution in [0.2, 0.25) is 0 Å². The van der Waals surface area contributed by atoms with Crippen molar-refractivity contribution in [2.45, 2.75) is 25.7 Å². The summed E-state index contributed by atoms with van der Waals surface area (Å²) in [6.07, 6.45) is 4.87. The van der Waals surface area contributed by atoms with Gasteiger partial charge in [-0.25, -0.2) is 0 Å². The normalized spacial score (nSPS) is 17.7. The average molecular weight is 273 g/mol. The Balaban J connectivity index is 1.95. The predicted molar refractivity (Wildman–Crippen MR) is 79.9 cm³/mol. The summed E-state index contributed by atoms with van der Waals surface area (Å²) in [7, 11) is 3.92. The van der Waals surface area contributed by atoms with Gasteiger partial charge < -0.3 is 20.3 Å². The van der Waals surface area contributed by atoms with Crippen LogP contribution in [0.5, 0.6) is 0 Å². The third-order valence-electron chi connectivity index (χ3n) is 3.49. The summed E-state index contributed by atoms with van der Waals surface area (Å²) in [6.45, 7) is 5.14. The molecule has 1 fully saturated rings. The van der Waals surface area contributed by atoms with E-state index in [-0.39, 0.29) is 0 Å². The maximum atomic E-state index is 5.22. The number of rotatable bonds is 7. The summed E-state index contributed by atoms with van der Waals surface area (Å²) in [5.74, 6) is 0.866. The molecule has 0 aliphatic carbocycles. The molecule has 2 N–H and O–H groups in total. The first-order valence-corrected chi connectivity index (χ1v) is 7.32. The highest BCUT2D eigenvalue weighted by atomic mass is 32.1. The maximum absolute atomic E-state index is 5.22. The molecule has 0 aromatic carbocycles. The molecule has 1 aliphatic heterocycles. The van der Waals surface area contributed by atoms with Gasteiger partial charge in [0.2, 0.25) is 0 Å². The smallest absolute Gasteiger partial charge is 0.166 e. The quantitative estimate of drug-likeness (QED) is 0.539. The van der Waals surface area contributed by atoms with E-state index >= 15 is 0 Å². The first-order chi connectivity index (χ1) is 8.72. The van der Waals surface area contributed by atoms with Gasteiger partial charge in [-0.15, -0.1) is 0 Å². The minimum atomic E-state index is 0.777. The summed E-state index contributed by atoms with van der Waals surface area (Å²) < 4.78 is 4.99. The van der Waals surface area contributed by atoms with Gasteiger partial charge in [0.25, 0.3) is 0 Å². The second-order valence-electron chi connectivity index (χ2n) is 5.06. The zero-order valence-electron chi connectivity index (χ0n) is 11.7. The standard InChI is InChI=1S/C13H27N3OS/c1-16-9-5-12(6-10-16)4-8-15-13(18)14-7-3-11-17-2/h12H,3-11H2,1-2H3,(H2,14,15,18). The molecule has 106 valence electrons. The van der Waals surface area contributed by atoms with E-state index in [0.29, 0.717) is 0 Å². The summed E-state index contributed by atoms with van der Waals surface area (Å²) in [6, 6.07) is 0. The second kappa shape index (κ2) is 9.53. The van der Waals surface area contributed by atoms with E-state index in [0.717, 1.165) is 37.1 Å². The number of methoxy groups -OCH3 is 1. The zero-order chi connectivity index (χ0) is 13.2. The lowest BCUT2D eigenvalue weighted by Gasteiger charge is -2.29. The number of nitrogens with zero attached hydrogens (tertiary/aromatic N) is 1. The van der Waals surface area contributed by atoms with E-state index in [1.807, 2.05) is 0 Å². The van der Waals surface area contributed by atoms with E-state index in [1.54, 1.807) is 7.11 Å². The molecule has 0 unspecified atom stereocenters. The fourth-order valence-electron chi connectivity index (χ4n) is 2.22. The van der Waals surface area contributed by atoms with Gasteiger partial charge in [-0.3, -0.25) is 0 Å². The molecule has 1 rings (SSSR count). The Morgan fingerprint density at radius 3 is 2.61 bits per heavy atom. The lowest BCUT2D eigenvalue weighted by Crippen LogP contribution is -2.38. The summed E-state index contributed by atoms with van der Waals surface area (Å²) >= 11 is 5.22. The Morgan fingerprint density at radius 1 is 1.28 bits per heavy atom. The molecule has 18 heavy (non-hydrogen) atoms. The van der Waals surface area contributed by atoms with Crippen molar-refractivity contribution in [1.29, 1.82) is 0 Å². The first kappa shape index (κ1) is 15.7. The van der Waals surface area contributed by atoms with E-state index in [9.17, 15) is 0 Å². The number of piperidine rings is 1. The van der Waals surface area contributed by atoms with E-state index in [4.69, 9.17) is 17.0 Å². The third kappa shape index (κ3) is 7.13. The van der Waals surface area contributed by atoms with Crippen LogP contribution < -0.4 is 10.6 Å². The maximum Gasteiger partial charge on any atom is 0.166 e. The zero-order valence-corrected chi connectivity index (χ0v) is 12.5. The fraction of sp³-hybridized carbons (Fsp3) is 0.923. The monoisotopic (exact) mass is 273 g/mol. The molecule has 1 saturated heterocycles. The van der Waals surface area contributed by atoms with E-state index < -0.39 is 0 Å². The Hall–Kier alpha value is -0.390. The second-order valence-corrected chi connectivity index (χ2v) is 5.47. The van der Waals surface area contributed by atoms with Crippen LogP contribution in [0, 0.1) is 5.92 Å². The molecule has 0 saturated carbocycles. The van der Waals surface area contributed by atoms with Crippen molar-refractivity contribution < 1.29 is 4.74 Å². The fourth-order valence-corrected chi connectivity index (χ4v) is 2.43. The highest BCUT2D eigenvalue weighted by molar-refractivity contribution is 7.80. The molecule has 1 heterocycles. The highest BCUT2D eigenvalue weighted by Gasteiger charge is 2.15. The van der Waals surface area contributed by atoms with Crippen molar-refractivity contribution >= 4 is 17.3 Å². The molecule has 0 radical (unpaired) electrons. The van der Waals surface area contributed by atoms with Crippen molar-refractivity contribution in [2.75, 3.05) is 46.9 Å². The van der Waals surface area contributed by atoms with Crippen LogP contribution in [-0.2, 0) is 4.74 Å². The predicted octanol–water partition coefficient (Wildman–Crippen LogP) is 1.22. The lowest BCUT2D eigenvalue weighted by molar-refractivity contribution is 0.195. The summed E-state index contributed by atoms with van der Waals surface area (Å²) in [5.41, 5.74) is 0. The topological polar surface area (TPSA) is 36.5 Å². The van der Waals surface area contributed by atoms with Gasteiger partial charge in [-0.05, 0) is 64.0 Å². The summed E-state index contributed by atoms with van der Waals surface area (Å²) in [5, 5.41) is 7.26. The van der Waals surface area contributed by atoms with Crippen LogP contribution in [0.25, 0.3) is 0 Å². The number of hydrogen-bond acceptors (Lipinski definition) is 3. The first-order valence-electron chi connectivity index (χ1n) is 6.91. The average Bonchev–Trinajstić information content (AvgIpc) is 2.37. The summed E-state index contributed by atoms with van der Waals surface area (Å²) in [4.78, 5) is 2.41. The molecular weight excluding hydrogens is 246 g/mol. The molecule has 0 bridgehead atoms. The van der Waals surface area contributed by atoms with Gasteiger partial charge >= 0.3 is 0 Å². The van der Waals surface area contributed by atoms with E-state index in [1.165, 1.54) is 32.4 Å². The van der Waals surface area contributed by atoms with Crippen LogP contribution in [-0.4, -0.2) is 57.0 Å². The molecule has 5 heteroatoms. The minimum Gasteiger partial charge on any atom is -0.385 e. The van der Waals surface area contributed by atoms with Crippen LogP contribution in [0.4, 0.5) is 0 Å². The van der Waals surface area contributed by atoms with Gasteiger partial charge in [-0.1, -0.05) is 0 Å². The van der Waals surface area contributed by atoms with Crippen LogP contribution in [0.1, 0.15) is 25.7 Å². The largest absolute Gasteiger partial charge is 0.385 e. The molecule has 0 spiro atoms. The molecule has 1 aliphatic rings. The third-order valence-corrected chi connectivity index (χ3v) is 3.78. The van der Waals surface area contributed by atoms with Crippen molar-refractivity contribution in [3.63, 3.8) is 0 Å². The van der Waals surface area contributed by atoms with Gasteiger partial charge in [-0.2, -0.15) is 0 Å². The van der Waals surface area contributed by atoms with Crippen molar-refractivity contribution in [1.82, 2.24) is 15.5 Å². The molecule has 0 amide bonds. The lowest BCUT2D eigenvalue weighted by atomic mass is 9.94. The SMILES string of the molecule is COCCCNC(=S)NCCC1CCN(C)CC1. The Bertz CT molecular complexity index is 230. The molecule has 0 aromatic heterocycles. The van der Waals surface area contributed by atoms with Crippen LogP contribution in [0.3, 0.4) is 0 Å². The highest BCUT2D eigenvalue weighted by Crippen LogP contribution is 2.18. The van der Waals surface area contributed by atoms with Gasteiger partial charge in [0, 0.05) is 26.8 Å². The van der Waals surface area contributed by atoms with Gasteiger partial charge in [0.05, 0.1) is 0 Å². The number of nitrogens with one attached hydrogen (secondary N) is 2. The van der Waals surface area contributed by atoms with Gasteiger partial charge in [0.15, 0.2) is 5.11 Å². The van der Waals surface area contributed by atoms with E-state index in [2.05, 4.69) is 22.6 Å². The van der Waals surface area contributed by atoms with Crippen molar-refractivity contribution in [2.24, 2.45) is 5.92 Å². The number of thiocarbonyl (C=S) groups is 1. The van der Waals surface area contributed by atoms with Crippen molar-refractivity contribution in [3.8, 4) is 0 Å².